The quantitative estimate of drug-likeness (QED) is 0.753. The maximum Gasteiger partial charge on any atom is 0.338 e. The lowest BCUT2D eigenvalue weighted by atomic mass is 10.2. The minimum atomic E-state index is -1.30. The number of hydrogen-bond donors (Lipinski definition) is 2. The van der Waals surface area contributed by atoms with E-state index >= 15 is 0 Å². The van der Waals surface area contributed by atoms with Gasteiger partial charge in [0.15, 0.2) is 5.82 Å². The van der Waals surface area contributed by atoms with Gasteiger partial charge in [-0.15, -0.1) is 0 Å². The average Bonchev–Trinajstić information content (AvgIpc) is 2.81. The fraction of sp³-hybridized carbons (Fsp3) is 0. The summed E-state index contributed by atoms with van der Waals surface area (Å²) in [5.41, 5.74) is 0.114. The smallest absolute Gasteiger partial charge is 0.338 e. The van der Waals surface area contributed by atoms with Crippen LogP contribution in [0.25, 0.3) is 22.4 Å². The Morgan fingerprint density at radius 3 is 2.80 bits per heavy atom. The van der Waals surface area contributed by atoms with E-state index in [4.69, 9.17) is 5.11 Å². The summed E-state index contributed by atoms with van der Waals surface area (Å²) in [5, 5.41) is 9.04. The summed E-state index contributed by atoms with van der Waals surface area (Å²) in [6.45, 7) is 0. The van der Waals surface area contributed by atoms with Crippen molar-refractivity contribution in [3.63, 3.8) is 0 Å². The van der Waals surface area contributed by atoms with E-state index in [0.717, 1.165) is 18.3 Å². The van der Waals surface area contributed by atoms with Crippen LogP contribution in [0.3, 0.4) is 0 Å². The zero-order valence-corrected chi connectivity index (χ0v) is 9.89. The molecule has 0 bridgehead atoms. The van der Waals surface area contributed by atoms with Crippen molar-refractivity contribution in [2.75, 3.05) is 0 Å². The van der Waals surface area contributed by atoms with Gasteiger partial charge in [-0.3, -0.25) is 4.98 Å². The topological polar surface area (TPSA) is 78.9 Å². The van der Waals surface area contributed by atoms with Crippen molar-refractivity contribution < 1.29 is 18.7 Å². The third-order valence-electron chi connectivity index (χ3n) is 2.81. The van der Waals surface area contributed by atoms with Crippen LogP contribution in [0.2, 0.25) is 0 Å². The Labute approximate surface area is 110 Å². The second-order valence-corrected chi connectivity index (χ2v) is 4.10. The first-order chi connectivity index (χ1) is 9.56. The molecule has 0 aliphatic heterocycles. The van der Waals surface area contributed by atoms with Crippen molar-refractivity contribution in [1.82, 2.24) is 15.0 Å². The maximum absolute atomic E-state index is 13.6. The Balaban J connectivity index is 2.28. The number of imidazole rings is 1. The molecule has 0 radical (unpaired) electrons. The molecule has 7 heteroatoms. The van der Waals surface area contributed by atoms with Crippen LogP contribution in [0.15, 0.2) is 30.6 Å². The van der Waals surface area contributed by atoms with Gasteiger partial charge in [-0.1, -0.05) is 0 Å². The first kappa shape index (κ1) is 12.2. The lowest BCUT2D eigenvalue weighted by molar-refractivity contribution is 0.0698. The highest BCUT2D eigenvalue weighted by Gasteiger charge is 2.17. The minimum Gasteiger partial charge on any atom is -0.478 e. The summed E-state index contributed by atoms with van der Waals surface area (Å²) >= 11 is 0. The number of hydrogen-bond acceptors (Lipinski definition) is 3. The predicted molar refractivity (Wildman–Crippen MR) is 66.2 cm³/mol. The van der Waals surface area contributed by atoms with E-state index in [0.29, 0.717) is 0 Å². The molecule has 0 aliphatic rings. The van der Waals surface area contributed by atoms with Gasteiger partial charge >= 0.3 is 5.97 Å². The van der Waals surface area contributed by atoms with Gasteiger partial charge in [0.2, 0.25) is 0 Å². The van der Waals surface area contributed by atoms with Gasteiger partial charge in [0.25, 0.3) is 0 Å². The number of aromatic amines is 1. The third-order valence-corrected chi connectivity index (χ3v) is 2.81. The molecule has 0 spiro atoms. The molecular weight excluding hydrogens is 268 g/mol. The number of fused-ring (bicyclic) bond motifs is 1. The Hall–Kier alpha value is -2.83. The molecule has 0 fully saturated rings. The van der Waals surface area contributed by atoms with E-state index in [1.165, 1.54) is 12.3 Å². The second-order valence-electron chi connectivity index (χ2n) is 4.10. The summed E-state index contributed by atoms with van der Waals surface area (Å²) in [5.74, 6) is -2.50. The molecule has 1 aromatic carbocycles. The van der Waals surface area contributed by atoms with Crippen LogP contribution < -0.4 is 0 Å². The highest BCUT2D eigenvalue weighted by atomic mass is 19.1. The van der Waals surface area contributed by atoms with Crippen molar-refractivity contribution in [2.24, 2.45) is 0 Å². The highest BCUT2D eigenvalue weighted by Crippen LogP contribution is 2.25. The van der Waals surface area contributed by atoms with Gasteiger partial charge in [-0.25, -0.2) is 18.6 Å². The van der Waals surface area contributed by atoms with E-state index in [-0.39, 0.29) is 28.0 Å². The monoisotopic (exact) mass is 275 g/mol. The molecule has 3 aromatic rings. The second kappa shape index (κ2) is 4.37. The van der Waals surface area contributed by atoms with E-state index in [2.05, 4.69) is 15.0 Å². The molecule has 0 aliphatic carbocycles. The number of pyridine rings is 1. The number of nitrogens with one attached hydrogen (secondary N) is 1. The molecule has 2 N–H and O–H groups in total. The molecule has 2 heterocycles. The molecule has 0 atom stereocenters. The van der Waals surface area contributed by atoms with Crippen molar-refractivity contribution in [1.29, 1.82) is 0 Å². The number of aromatic carboxylic acids is 1. The van der Waals surface area contributed by atoms with Gasteiger partial charge in [0, 0.05) is 6.20 Å². The van der Waals surface area contributed by atoms with Crippen LogP contribution in [0.5, 0.6) is 0 Å². The summed E-state index contributed by atoms with van der Waals surface area (Å²) < 4.78 is 27.0. The third kappa shape index (κ3) is 1.89. The van der Waals surface area contributed by atoms with Gasteiger partial charge in [0.05, 0.1) is 22.8 Å². The molecule has 5 nitrogen and oxygen atoms in total. The highest BCUT2D eigenvalue weighted by molar-refractivity contribution is 6.01. The van der Waals surface area contributed by atoms with Gasteiger partial charge < -0.3 is 10.1 Å². The number of carboxylic acid groups (broad SMARTS) is 1. The Kier molecular flexibility index (Phi) is 2.67. The molecule has 3 rings (SSSR count). The van der Waals surface area contributed by atoms with Crippen molar-refractivity contribution in [3.05, 3.63) is 47.8 Å². The number of halogens is 2. The first-order valence-electron chi connectivity index (χ1n) is 5.58. The van der Waals surface area contributed by atoms with E-state index < -0.39 is 17.6 Å². The number of rotatable bonds is 2. The van der Waals surface area contributed by atoms with Crippen LogP contribution in [-0.4, -0.2) is 26.0 Å². The SMILES string of the molecule is O=C(O)c1cc(F)cc2[nH]c(-c3ccncc3F)nc12. The van der Waals surface area contributed by atoms with E-state index in [1.54, 1.807) is 0 Å². The Bertz CT molecular complexity index is 830. The van der Waals surface area contributed by atoms with Gasteiger partial charge in [-0.2, -0.15) is 0 Å². The average molecular weight is 275 g/mol. The molecular formula is C13H7F2N3O2. The number of carbonyl (C=O) groups is 1. The lowest BCUT2D eigenvalue weighted by Gasteiger charge is -1.96. The van der Waals surface area contributed by atoms with Crippen LogP contribution in [0.4, 0.5) is 8.78 Å². The zero-order valence-electron chi connectivity index (χ0n) is 9.89. The molecule has 0 unspecified atom stereocenters. The summed E-state index contributed by atoms with van der Waals surface area (Å²) in [7, 11) is 0. The maximum atomic E-state index is 13.6. The fourth-order valence-electron chi connectivity index (χ4n) is 1.94. The van der Waals surface area contributed by atoms with Gasteiger partial charge in [-0.05, 0) is 18.2 Å². The number of nitrogens with zero attached hydrogens (tertiary/aromatic N) is 2. The van der Waals surface area contributed by atoms with Crippen LogP contribution in [0.1, 0.15) is 10.4 Å². The van der Waals surface area contributed by atoms with Crippen LogP contribution in [0, 0.1) is 11.6 Å². The summed E-state index contributed by atoms with van der Waals surface area (Å²) in [4.78, 5) is 21.4. The largest absolute Gasteiger partial charge is 0.478 e. The lowest BCUT2D eigenvalue weighted by Crippen LogP contribution is -1.98. The number of benzene rings is 1. The minimum absolute atomic E-state index is 0.0742. The molecule has 0 amide bonds. The molecule has 2 aromatic heterocycles. The molecule has 20 heavy (non-hydrogen) atoms. The first-order valence-corrected chi connectivity index (χ1v) is 5.58. The summed E-state index contributed by atoms with van der Waals surface area (Å²) in [6.07, 6.45) is 2.39. The molecule has 0 saturated heterocycles. The Morgan fingerprint density at radius 2 is 2.10 bits per heavy atom. The summed E-state index contributed by atoms with van der Waals surface area (Å²) in [6, 6.07) is 3.37. The fourth-order valence-corrected chi connectivity index (χ4v) is 1.94. The number of H-pyrrole nitrogens is 1. The van der Waals surface area contributed by atoms with Crippen LogP contribution >= 0.6 is 0 Å². The van der Waals surface area contributed by atoms with Crippen molar-refractivity contribution in [2.45, 2.75) is 0 Å². The number of carboxylic acids is 1. The number of aromatic nitrogens is 3. The van der Waals surface area contributed by atoms with Crippen LogP contribution in [-0.2, 0) is 0 Å². The van der Waals surface area contributed by atoms with Gasteiger partial charge in [0.1, 0.15) is 17.2 Å². The van der Waals surface area contributed by atoms with Crippen molar-refractivity contribution in [3.8, 4) is 11.4 Å². The normalized spacial score (nSPS) is 10.9. The molecule has 0 saturated carbocycles. The van der Waals surface area contributed by atoms with E-state index in [1.807, 2.05) is 0 Å². The Morgan fingerprint density at radius 1 is 1.30 bits per heavy atom. The predicted octanol–water partition coefficient (Wildman–Crippen LogP) is 2.60. The van der Waals surface area contributed by atoms with Crippen molar-refractivity contribution >= 4 is 17.0 Å². The molecule has 100 valence electrons. The standard InChI is InChI=1S/C13H7F2N3O2/c14-6-3-8(13(19)20)11-10(4-6)17-12(18-11)7-1-2-16-5-9(7)15/h1-5H,(H,17,18)(H,19,20). The zero-order chi connectivity index (χ0) is 14.3. The van der Waals surface area contributed by atoms with E-state index in [9.17, 15) is 13.6 Å².